The Bertz CT molecular complexity index is 523. The fraction of sp³-hybridized carbons (Fsp3) is 0.312. The molecule has 100 valence electrons. The number of nitrogen functional groups attached to an aromatic ring is 1. The summed E-state index contributed by atoms with van der Waals surface area (Å²) >= 11 is 0. The molecule has 0 aliphatic rings. The van der Waals surface area contributed by atoms with Crippen LogP contribution >= 0.6 is 0 Å². The highest BCUT2D eigenvalue weighted by Crippen LogP contribution is 2.23. The number of anilines is 2. The number of aromatic nitrogens is 1. The summed E-state index contributed by atoms with van der Waals surface area (Å²) in [7, 11) is 2.12. The highest BCUT2D eigenvalue weighted by Gasteiger charge is 2.07. The molecule has 0 amide bonds. The third-order valence-corrected chi connectivity index (χ3v) is 3.39. The molecule has 0 saturated heterocycles. The molecule has 0 spiro atoms. The van der Waals surface area contributed by atoms with Crippen molar-refractivity contribution in [1.82, 2.24) is 4.98 Å². The van der Waals surface area contributed by atoms with E-state index in [2.05, 4.69) is 48.1 Å². The van der Waals surface area contributed by atoms with Crippen molar-refractivity contribution in [1.29, 1.82) is 0 Å². The van der Waals surface area contributed by atoms with Crippen LogP contribution in [0.3, 0.4) is 0 Å². The first-order valence-electron chi connectivity index (χ1n) is 6.69. The van der Waals surface area contributed by atoms with Gasteiger partial charge in [-0.2, -0.15) is 0 Å². The van der Waals surface area contributed by atoms with Crippen LogP contribution in [0.4, 0.5) is 11.4 Å². The van der Waals surface area contributed by atoms with E-state index < -0.39 is 0 Å². The third-order valence-electron chi connectivity index (χ3n) is 3.39. The minimum atomic E-state index is 0.822. The van der Waals surface area contributed by atoms with Gasteiger partial charge in [0.2, 0.25) is 0 Å². The Balaban J connectivity index is 2.07. The van der Waals surface area contributed by atoms with E-state index in [4.69, 9.17) is 5.73 Å². The van der Waals surface area contributed by atoms with E-state index in [1.165, 1.54) is 16.8 Å². The van der Waals surface area contributed by atoms with Crippen LogP contribution in [0.15, 0.2) is 42.7 Å². The molecule has 1 heterocycles. The molecular formula is C16H21N3. The van der Waals surface area contributed by atoms with Crippen molar-refractivity contribution in [2.75, 3.05) is 24.2 Å². The number of aryl methyl sites for hydroxylation is 1. The Labute approximate surface area is 115 Å². The van der Waals surface area contributed by atoms with E-state index in [9.17, 15) is 0 Å². The monoisotopic (exact) mass is 255 g/mol. The summed E-state index contributed by atoms with van der Waals surface area (Å²) in [6.07, 6.45) is 5.72. The van der Waals surface area contributed by atoms with Crippen LogP contribution < -0.4 is 10.6 Å². The largest absolute Gasteiger partial charge is 0.399 e. The average Bonchev–Trinajstić information content (AvgIpc) is 2.46. The summed E-state index contributed by atoms with van der Waals surface area (Å²) < 4.78 is 0. The fourth-order valence-corrected chi connectivity index (χ4v) is 2.20. The van der Waals surface area contributed by atoms with Crippen molar-refractivity contribution in [3.8, 4) is 0 Å². The zero-order chi connectivity index (χ0) is 13.7. The van der Waals surface area contributed by atoms with Gasteiger partial charge in [0.05, 0.1) is 0 Å². The lowest BCUT2D eigenvalue weighted by Crippen LogP contribution is -2.21. The molecule has 19 heavy (non-hydrogen) atoms. The van der Waals surface area contributed by atoms with Crippen molar-refractivity contribution in [2.45, 2.75) is 19.8 Å². The van der Waals surface area contributed by atoms with Gasteiger partial charge in [-0.3, -0.25) is 4.98 Å². The molecule has 2 aromatic rings. The second-order valence-electron chi connectivity index (χ2n) is 4.77. The van der Waals surface area contributed by atoms with E-state index in [-0.39, 0.29) is 0 Å². The van der Waals surface area contributed by atoms with Gasteiger partial charge in [-0.05, 0) is 48.2 Å². The van der Waals surface area contributed by atoms with E-state index in [0.29, 0.717) is 0 Å². The molecule has 0 unspecified atom stereocenters. The smallest absolute Gasteiger partial charge is 0.0416 e. The topological polar surface area (TPSA) is 42.1 Å². The average molecular weight is 255 g/mol. The molecule has 3 nitrogen and oxygen atoms in total. The molecular weight excluding hydrogens is 234 g/mol. The zero-order valence-electron chi connectivity index (χ0n) is 11.6. The van der Waals surface area contributed by atoms with Crippen molar-refractivity contribution < 1.29 is 0 Å². The van der Waals surface area contributed by atoms with Crippen molar-refractivity contribution in [2.24, 2.45) is 0 Å². The summed E-state index contributed by atoms with van der Waals surface area (Å²) in [4.78, 5) is 6.31. The van der Waals surface area contributed by atoms with Crippen molar-refractivity contribution >= 4 is 11.4 Å². The number of likely N-dealkylation sites (N-methyl/N-ethyl adjacent to an activating group) is 1. The van der Waals surface area contributed by atoms with Gasteiger partial charge in [-0.15, -0.1) is 0 Å². The first kappa shape index (κ1) is 13.4. The van der Waals surface area contributed by atoms with Gasteiger partial charge in [0.15, 0.2) is 0 Å². The minimum Gasteiger partial charge on any atom is -0.399 e. The molecule has 0 aliphatic carbocycles. The Hall–Kier alpha value is -2.03. The first-order valence-corrected chi connectivity index (χ1v) is 6.69. The molecule has 0 bridgehead atoms. The molecule has 0 saturated carbocycles. The van der Waals surface area contributed by atoms with E-state index >= 15 is 0 Å². The third kappa shape index (κ3) is 3.47. The van der Waals surface area contributed by atoms with Gasteiger partial charge in [0.25, 0.3) is 0 Å². The molecule has 1 aromatic heterocycles. The van der Waals surface area contributed by atoms with Gasteiger partial charge >= 0.3 is 0 Å². The Morgan fingerprint density at radius 1 is 1.16 bits per heavy atom. The number of rotatable bonds is 5. The van der Waals surface area contributed by atoms with Gasteiger partial charge in [-0.1, -0.05) is 13.0 Å². The van der Waals surface area contributed by atoms with Gasteiger partial charge in [0, 0.05) is 37.4 Å². The van der Waals surface area contributed by atoms with Crippen LogP contribution in [0, 0.1) is 0 Å². The summed E-state index contributed by atoms with van der Waals surface area (Å²) in [5.41, 5.74) is 10.6. The predicted octanol–water partition coefficient (Wildman–Crippen LogP) is 2.91. The maximum atomic E-state index is 5.89. The normalized spacial score (nSPS) is 10.4. The molecule has 0 radical (unpaired) electrons. The lowest BCUT2D eigenvalue weighted by atomic mass is 10.1. The number of pyridine rings is 1. The van der Waals surface area contributed by atoms with Crippen molar-refractivity contribution in [3.63, 3.8) is 0 Å². The Morgan fingerprint density at radius 2 is 1.89 bits per heavy atom. The van der Waals surface area contributed by atoms with Crippen molar-refractivity contribution in [3.05, 3.63) is 53.9 Å². The Morgan fingerprint density at radius 3 is 2.58 bits per heavy atom. The van der Waals surface area contributed by atoms with Crippen LogP contribution in [-0.4, -0.2) is 18.6 Å². The maximum absolute atomic E-state index is 5.89. The fourth-order valence-electron chi connectivity index (χ4n) is 2.20. The zero-order valence-corrected chi connectivity index (χ0v) is 11.6. The number of nitrogens with zero attached hydrogens (tertiary/aromatic N) is 2. The van der Waals surface area contributed by atoms with Crippen LogP contribution in [0.5, 0.6) is 0 Å². The molecule has 3 heteroatoms. The van der Waals surface area contributed by atoms with Crippen LogP contribution in [0.1, 0.15) is 18.1 Å². The predicted molar refractivity (Wildman–Crippen MR) is 81.4 cm³/mol. The van der Waals surface area contributed by atoms with Gasteiger partial charge in [0.1, 0.15) is 0 Å². The Kier molecular flexibility index (Phi) is 4.39. The van der Waals surface area contributed by atoms with E-state index in [1.54, 1.807) is 0 Å². The SMILES string of the molecule is CCc1ccc(N)cc1N(C)CCc1ccncc1. The van der Waals surface area contributed by atoms with Crippen LogP contribution in [0.25, 0.3) is 0 Å². The van der Waals surface area contributed by atoms with E-state index in [1.807, 2.05) is 18.5 Å². The van der Waals surface area contributed by atoms with Crippen LogP contribution in [-0.2, 0) is 12.8 Å². The number of nitrogens with two attached hydrogens (primary N) is 1. The summed E-state index contributed by atoms with van der Waals surface area (Å²) in [6, 6.07) is 10.3. The summed E-state index contributed by atoms with van der Waals surface area (Å²) in [5, 5.41) is 0. The standard InChI is InChI=1S/C16H21N3/c1-3-14-4-5-15(17)12-16(14)19(2)11-8-13-6-9-18-10-7-13/h4-7,9-10,12H,3,8,11,17H2,1-2H3. The summed E-state index contributed by atoms with van der Waals surface area (Å²) in [6.45, 7) is 3.15. The highest BCUT2D eigenvalue weighted by molar-refractivity contribution is 5.61. The number of hydrogen-bond donors (Lipinski definition) is 1. The molecule has 2 N–H and O–H groups in total. The highest BCUT2D eigenvalue weighted by atomic mass is 15.1. The second-order valence-corrected chi connectivity index (χ2v) is 4.77. The quantitative estimate of drug-likeness (QED) is 0.835. The lowest BCUT2D eigenvalue weighted by Gasteiger charge is -2.22. The molecule has 1 aromatic carbocycles. The van der Waals surface area contributed by atoms with Crippen LogP contribution in [0.2, 0.25) is 0 Å². The van der Waals surface area contributed by atoms with E-state index in [0.717, 1.165) is 25.1 Å². The summed E-state index contributed by atoms with van der Waals surface area (Å²) in [5.74, 6) is 0. The molecule has 0 atom stereocenters. The molecule has 0 fully saturated rings. The maximum Gasteiger partial charge on any atom is 0.0416 e. The number of hydrogen-bond acceptors (Lipinski definition) is 3. The second kappa shape index (κ2) is 6.23. The lowest BCUT2D eigenvalue weighted by molar-refractivity contribution is 0.866. The van der Waals surface area contributed by atoms with Gasteiger partial charge < -0.3 is 10.6 Å². The molecule has 2 rings (SSSR count). The first-order chi connectivity index (χ1) is 9.20. The minimum absolute atomic E-state index is 0.822. The molecule has 0 aliphatic heterocycles. The van der Waals surface area contributed by atoms with Gasteiger partial charge in [-0.25, -0.2) is 0 Å². The number of benzene rings is 1.